The van der Waals surface area contributed by atoms with Crippen molar-refractivity contribution in [1.29, 1.82) is 0 Å². The minimum atomic E-state index is -1.08. The van der Waals surface area contributed by atoms with Crippen LogP contribution in [0.3, 0.4) is 0 Å². The Bertz CT molecular complexity index is 865. The molecule has 3 rings (SSSR count). The lowest BCUT2D eigenvalue weighted by Crippen LogP contribution is -2.37. The summed E-state index contributed by atoms with van der Waals surface area (Å²) in [5, 5.41) is 17.9. The van der Waals surface area contributed by atoms with Gasteiger partial charge in [0.25, 0.3) is 0 Å². The van der Waals surface area contributed by atoms with E-state index in [4.69, 9.17) is 0 Å². The van der Waals surface area contributed by atoms with Gasteiger partial charge < -0.3 is 10.4 Å². The first-order valence-corrected chi connectivity index (χ1v) is 8.55. The topological polar surface area (TPSA) is 62.2 Å². The SMILES string of the molecule is C[C@](O)(CNC(=O)/C=C\c1ccnc2ccccc12)c1ccsc1. The minimum absolute atomic E-state index is 0.157. The first-order chi connectivity index (χ1) is 11.6. The van der Waals surface area contributed by atoms with Crippen LogP contribution in [0.25, 0.3) is 17.0 Å². The van der Waals surface area contributed by atoms with Crippen LogP contribution < -0.4 is 5.32 Å². The van der Waals surface area contributed by atoms with Gasteiger partial charge in [0.05, 0.1) is 12.1 Å². The van der Waals surface area contributed by atoms with Gasteiger partial charge in [0.15, 0.2) is 0 Å². The molecule has 1 amide bonds. The van der Waals surface area contributed by atoms with Gasteiger partial charge in [-0.1, -0.05) is 18.2 Å². The molecule has 0 bridgehead atoms. The van der Waals surface area contributed by atoms with Crippen LogP contribution in [0.1, 0.15) is 18.1 Å². The van der Waals surface area contributed by atoms with Crippen LogP contribution in [0.4, 0.5) is 0 Å². The number of carbonyl (C=O) groups excluding carboxylic acids is 1. The Balaban J connectivity index is 1.67. The lowest BCUT2D eigenvalue weighted by molar-refractivity contribution is -0.117. The number of benzene rings is 1. The lowest BCUT2D eigenvalue weighted by Gasteiger charge is -2.22. The zero-order chi connectivity index (χ0) is 17.0. The van der Waals surface area contributed by atoms with Gasteiger partial charge in [-0.05, 0) is 53.1 Å². The standard InChI is InChI=1S/C19H18N2O2S/c1-19(23,15-9-11-24-12-15)13-21-18(22)7-6-14-8-10-20-17-5-3-2-4-16(14)17/h2-12,23H,13H2,1H3,(H,21,22)/b7-6-/t19-/m0/s1. The van der Waals surface area contributed by atoms with Crippen LogP contribution in [-0.2, 0) is 10.4 Å². The lowest BCUT2D eigenvalue weighted by atomic mass is 9.99. The van der Waals surface area contributed by atoms with E-state index >= 15 is 0 Å². The molecular formula is C19H18N2O2S. The number of thiophene rings is 1. The molecule has 0 aliphatic heterocycles. The molecule has 1 atom stereocenters. The Hall–Kier alpha value is -2.50. The molecule has 24 heavy (non-hydrogen) atoms. The number of nitrogens with zero attached hydrogens (tertiary/aromatic N) is 1. The third-order valence-corrected chi connectivity index (χ3v) is 4.53. The van der Waals surface area contributed by atoms with E-state index in [2.05, 4.69) is 10.3 Å². The van der Waals surface area contributed by atoms with Crippen LogP contribution >= 0.6 is 11.3 Å². The molecule has 0 saturated carbocycles. The molecule has 0 aliphatic rings. The molecule has 1 aromatic carbocycles. The fourth-order valence-electron chi connectivity index (χ4n) is 2.42. The van der Waals surface area contributed by atoms with Crippen LogP contribution in [-0.4, -0.2) is 22.5 Å². The summed E-state index contributed by atoms with van der Waals surface area (Å²) in [6, 6.07) is 11.5. The fraction of sp³-hybridized carbons (Fsp3) is 0.158. The predicted molar refractivity (Wildman–Crippen MR) is 97.7 cm³/mol. The second-order valence-corrected chi connectivity index (χ2v) is 6.53. The minimum Gasteiger partial charge on any atom is -0.384 e. The van der Waals surface area contributed by atoms with Crippen molar-refractivity contribution in [2.75, 3.05) is 6.54 Å². The van der Waals surface area contributed by atoms with Crippen LogP contribution in [0, 0.1) is 0 Å². The molecule has 0 aliphatic carbocycles. The van der Waals surface area contributed by atoms with Gasteiger partial charge in [0, 0.05) is 17.7 Å². The maximum absolute atomic E-state index is 12.0. The highest BCUT2D eigenvalue weighted by Crippen LogP contribution is 2.22. The quantitative estimate of drug-likeness (QED) is 0.702. The third kappa shape index (κ3) is 3.69. The second kappa shape index (κ2) is 6.95. The summed E-state index contributed by atoms with van der Waals surface area (Å²) in [6.07, 6.45) is 4.96. The molecule has 122 valence electrons. The van der Waals surface area contributed by atoms with E-state index in [-0.39, 0.29) is 12.5 Å². The number of nitrogens with one attached hydrogen (secondary N) is 1. The zero-order valence-corrected chi connectivity index (χ0v) is 14.1. The molecule has 0 saturated heterocycles. The number of aliphatic hydroxyl groups is 1. The van der Waals surface area contributed by atoms with Crippen molar-refractivity contribution in [3.05, 3.63) is 70.6 Å². The Labute approximate surface area is 144 Å². The highest BCUT2D eigenvalue weighted by Gasteiger charge is 2.23. The number of carbonyl (C=O) groups is 1. The Morgan fingerprint density at radius 1 is 1.33 bits per heavy atom. The van der Waals surface area contributed by atoms with Gasteiger partial charge in [-0.2, -0.15) is 11.3 Å². The van der Waals surface area contributed by atoms with E-state index in [1.165, 1.54) is 17.4 Å². The van der Waals surface area contributed by atoms with Gasteiger partial charge in [0.1, 0.15) is 5.60 Å². The van der Waals surface area contributed by atoms with Gasteiger partial charge in [-0.15, -0.1) is 0 Å². The number of para-hydroxylation sites is 1. The fourth-order valence-corrected chi connectivity index (χ4v) is 3.20. The number of rotatable bonds is 5. The van der Waals surface area contributed by atoms with Crippen LogP contribution in [0.5, 0.6) is 0 Å². The Morgan fingerprint density at radius 3 is 2.96 bits per heavy atom. The van der Waals surface area contributed by atoms with Crippen molar-refractivity contribution in [3.63, 3.8) is 0 Å². The van der Waals surface area contributed by atoms with Gasteiger partial charge >= 0.3 is 0 Å². The number of hydrogen-bond acceptors (Lipinski definition) is 4. The smallest absolute Gasteiger partial charge is 0.244 e. The summed E-state index contributed by atoms with van der Waals surface area (Å²) in [4.78, 5) is 16.3. The number of amides is 1. The molecule has 2 heterocycles. The van der Waals surface area contributed by atoms with E-state index < -0.39 is 5.60 Å². The molecular weight excluding hydrogens is 320 g/mol. The first kappa shape index (κ1) is 16.4. The predicted octanol–water partition coefficient (Wildman–Crippen LogP) is 3.33. The number of fused-ring (bicyclic) bond motifs is 1. The molecule has 3 aromatic rings. The average molecular weight is 338 g/mol. The second-order valence-electron chi connectivity index (χ2n) is 5.75. The molecule has 0 fully saturated rings. The largest absolute Gasteiger partial charge is 0.384 e. The third-order valence-electron chi connectivity index (χ3n) is 3.85. The molecule has 5 heteroatoms. The van der Waals surface area contributed by atoms with Crippen molar-refractivity contribution >= 4 is 34.2 Å². The van der Waals surface area contributed by atoms with E-state index in [9.17, 15) is 9.90 Å². The maximum Gasteiger partial charge on any atom is 0.244 e. The van der Waals surface area contributed by atoms with Gasteiger partial charge in [-0.25, -0.2) is 0 Å². The monoisotopic (exact) mass is 338 g/mol. The van der Waals surface area contributed by atoms with Crippen molar-refractivity contribution in [3.8, 4) is 0 Å². The van der Waals surface area contributed by atoms with Crippen LogP contribution in [0.2, 0.25) is 0 Å². The highest BCUT2D eigenvalue weighted by atomic mass is 32.1. The molecule has 2 N–H and O–H groups in total. The normalized spacial score (nSPS) is 13.9. The summed E-state index contributed by atoms with van der Waals surface area (Å²) in [6.45, 7) is 1.85. The van der Waals surface area contributed by atoms with Gasteiger partial charge in [0.2, 0.25) is 5.91 Å². The van der Waals surface area contributed by atoms with Crippen molar-refractivity contribution in [1.82, 2.24) is 10.3 Å². The van der Waals surface area contributed by atoms with Gasteiger partial charge in [-0.3, -0.25) is 9.78 Å². The number of pyridine rings is 1. The van der Waals surface area contributed by atoms with Crippen LogP contribution in [0.15, 0.2) is 59.4 Å². The average Bonchev–Trinajstić information content (AvgIpc) is 3.14. The summed E-state index contributed by atoms with van der Waals surface area (Å²) in [7, 11) is 0. The van der Waals surface area contributed by atoms with Crippen molar-refractivity contribution in [2.45, 2.75) is 12.5 Å². The summed E-state index contributed by atoms with van der Waals surface area (Å²) in [5.74, 6) is -0.244. The molecule has 0 radical (unpaired) electrons. The highest BCUT2D eigenvalue weighted by molar-refractivity contribution is 7.08. The summed E-state index contributed by atoms with van der Waals surface area (Å²) >= 11 is 1.52. The number of aromatic nitrogens is 1. The molecule has 2 aromatic heterocycles. The van der Waals surface area contributed by atoms with Crippen molar-refractivity contribution < 1.29 is 9.90 Å². The van der Waals surface area contributed by atoms with E-state index in [1.807, 2.05) is 47.2 Å². The number of hydrogen-bond donors (Lipinski definition) is 2. The first-order valence-electron chi connectivity index (χ1n) is 7.61. The molecule has 4 nitrogen and oxygen atoms in total. The van der Waals surface area contributed by atoms with E-state index in [0.29, 0.717) is 0 Å². The maximum atomic E-state index is 12.0. The summed E-state index contributed by atoms with van der Waals surface area (Å²) in [5.41, 5.74) is 1.55. The molecule has 0 unspecified atom stereocenters. The van der Waals surface area contributed by atoms with E-state index in [1.54, 1.807) is 19.2 Å². The zero-order valence-electron chi connectivity index (χ0n) is 13.3. The van der Waals surface area contributed by atoms with Crippen molar-refractivity contribution in [2.24, 2.45) is 0 Å². The Kier molecular flexibility index (Phi) is 4.74. The molecule has 0 spiro atoms. The Morgan fingerprint density at radius 2 is 2.17 bits per heavy atom. The van der Waals surface area contributed by atoms with E-state index in [0.717, 1.165) is 22.0 Å². The summed E-state index contributed by atoms with van der Waals surface area (Å²) < 4.78 is 0.